The van der Waals surface area contributed by atoms with E-state index in [1.165, 1.54) is 6.92 Å². The highest BCUT2D eigenvalue weighted by atomic mass is 127. The van der Waals surface area contributed by atoms with Crippen molar-refractivity contribution < 1.29 is 134 Å². The minimum atomic E-state index is -1.42. The summed E-state index contributed by atoms with van der Waals surface area (Å²) in [5.41, 5.74) is 7.97. The number of aliphatic carboxylic acids is 2. The highest BCUT2D eigenvalue weighted by Crippen LogP contribution is 2.33. The largest absolute Gasteiger partial charge is 0.481 e. The molecule has 12 atom stereocenters. The van der Waals surface area contributed by atoms with E-state index in [9.17, 15) is 63.0 Å². The van der Waals surface area contributed by atoms with Gasteiger partial charge in [-0.15, -0.1) is 11.3 Å². The molecule has 39 nitrogen and oxygen atoms in total. The summed E-state index contributed by atoms with van der Waals surface area (Å²) in [5, 5.41) is 43.7. The Hall–Kier alpha value is -8.12. The van der Waals surface area contributed by atoms with Gasteiger partial charge in [-0.25, -0.2) is 4.98 Å². The van der Waals surface area contributed by atoms with Gasteiger partial charge in [0, 0.05) is 88.6 Å². The maximum Gasteiger partial charge on any atom is 0.306 e. The number of esters is 1. The van der Waals surface area contributed by atoms with Gasteiger partial charge in [0.1, 0.15) is 47.5 Å². The number of halogens is 1. The fraction of sp³-hybridized carbons (Fsp3) is 0.707. The summed E-state index contributed by atoms with van der Waals surface area (Å²) in [7, 11) is 5.28. The number of aromatic nitrogens is 1. The SMILES string of the molecule is CC[C@H](C)[C@H](NC(=O)[C@H]1CCCC[N+]1(C)Cc1ccc(NC(=O)[C@H](CCC(=O)O)NC(=O)[C@@H](NC(=O)[C@H](CCCCNC(=O)CCOCCOCCOCCOCCOCCOCCOCCOCCOCCOCCOCCOC)NC(=O)[C@H](CN)NC(=O)CI)C(C)C)cc1)C(=O)N(C)[C@H](C[C@@H](OC(C)=O)c1nc(C(=O)N[C@@H](Cc2ccccc2)C[C@H](C)C(=O)O)cs1)C(C)C. The molecule has 1 aromatic heterocycles. The molecule has 752 valence electrons. The molecule has 0 bridgehead atoms. The smallest absolute Gasteiger partial charge is 0.306 e. The van der Waals surface area contributed by atoms with Gasteiger partial charge in [-0.3, -0.25) is 57.5 Å². The molecule has 0 radical (unpaired) electrons. The van der Waals surface area contributed by atoms with Gasteiger partial charge in [0.25, 0.3) is 11.8 Å². The second kappa shape index (κ2) is 68.8. The van der Waals surface area contributed by atoms with Crippen molar-refractivity contribution in [2.45, 2.75) is 200 Å². The van der Waals surface area contributed by atoms with E-state index in [0.717, 1.165) is 35.3 Å². The molecule has 133 heavy (non-hydrogen) atoms. The lowest BCUT2D eigenvalue weighted by Gasteiger charge is -2.44. The average Bonchev–Trinajstić information content (AvgIpc) is 1.03. The number of carbonyl (C=O) groups is 12. The summed E-state index contributed by atoms with van der Waals surface area (Å²) >= 11 is 2.95. The number of anilines is 1. The van der Waals surface area contributed by atoms with Crippen LogP contribution in [0.4, 0.5) is 5.69 Å². The number of amides is 9. The summed E-state index contributed by atoms with van der Waals surface area (Å²) < 4.78 is 71.6. The van der Waals surface area contributed by atoms with Crippen LogP contribution in [0.15, 0.2) is 60.0 Å². The number of alkyl halides is 1. The molecule has 1 fully saturated rings. The van der Waals surface area contributed by atoms with Gasteiger partial charge < -0.3 is 129 Å². The molecule has 1 aliphatic rings. The van der Waals surface area contributed by atoms with Gasteiger partial charge in [0.2, 0.25) is 41.4 Å². The van der Waals surface area contributed by atoms with E-state index in [1.807, 2.05) is 87.7 Å². The van der Waals surface area contributed by atoms with Crippen molar-refractivity contribution >= 4 is 111 Å². The zero-order valence-electron chi connectivity index (χ0n) is 79.6. The topological polar surface area (TPSA) is 504 Å². The molecule has 2 heterocycles. The molecule has 1 aliphatic heterocycles. The maximum absolute atomic E-state index is 15.0. The van der Waals surface area contributed by atoms with Gasteiger partial charge >= 0.3 is 17.9 Å². The van der Waals surface area contributed by atoms with E-state index >= 15 is 4.79 Å². The Labute approximate surface area is 800 Å². The number of quaternary nitrogens is 1. The van der Waals surface area contributed by atoms with Gasteiger partial charge in [-0.2, -0.15) is 0 Å². The highest BCUT2D eigenvalue weighted by Gasteiger charge is 2.44. The quantitative estimate of drug-likeness (QED) is 0.0115. The number of hydrogen-bond donors (Lipinski definition) is 11. The molecule has 3 aromatic rings. The van der Waals surface area contributed by atoms with Crippen LogP contribution in [-0.4, -0.2) is 341 Å². The number of carboxylic acid groups (broad SMARTS) is 2. The number of carbonyl (C=O) groups excluding carboxylic acids is 10. The van der Waals surface area contributed by atoms with E-state index in [0.29, 0.717) is 182 Å². The van der Waals surface area contributed by atoms with Crippen molar-refractivity contribution in [3.63, 3.8) is 0 Å². The van der Waals surface area contributed by atoms with Gasteiger partial charge in [-0.05, 0) is 86.8 Å². The van der Waals surface area contributed by atoms with Crippen molar-refractivity contribution in [3.05, 3.63) is 81.8 Å². The lowest BCUT2D eigenvalue weighted by molar-refractivity contribution is -0.942. The van der Waals surface area contributed by atoms with Gasteiger partial charge in [0.15, 0.2) is 12.1 Å². The predicted octanol–water partition coefficient (Wildman–Crippen LogP) is 5.10. The standard InChI is InChI=1S/C92H149IN12O27S/c1-12-65(6)83(91(117)104(9)76(63(2)3)58-78(132-67(8)106)90-101-75(62-133-90)87(114)97-71(56-66(7)92(118)119)57-68-20-14-13-15-21-68)103-88(115)77-23-17-19-32-105(77,10)61-69-24-26-70(27-25-69)96-84(111)73(28-29-81(109)110)100-89(116)82(64(4)5)102-85(112)72(99-86(113)74(60-94)98-80(108)59-93)22-16-18-31-95-79(107)30-33-121-36-37-123-40-41-125-44-45-127-48-49-129-52-53-131-55-54-130-51-50-128-47-46-126-43-42-124-39-38-122-35-34-120-11/h13-15,20-21,24-27,62-66,71-74,76-78,82-83H,12,16-19,22-23,28-61,94H2,1-11H3,(H9-,95,96,97,98,99,100,102,103,107,108,109,110,111,112,113,114,115,116,118,119)/p+1/t65-,66-,71+,72-,73-,74-,76+,77+,78+,82-,83-,105?/m0/s1. The molecule has 12 N–H and O–H groups in total. The predicted molar refractivity (Wildman–Crippen MR) is 504 cm³/mol. The third-order valence-electron chi connectivity index (χ3n) is 22.2. The first-order valence-electron chi connectivity index (χ1n) is 46.2. The van der Waals surface area contributed by atoms with Gasteiger partial charge in [0.05, 0.1) is 176 Å². The molecule has 2 aromatic carbocycles. The Morgan fingerprint density at radius 3 is 1.58 bits per heavy atom. The van der Waals surface area contributed by atoms with E-state index in [2.05, 4.69) is 47.5 Å². The van der Waals surface area contributed by atoms with Crippen molar-refractivity contribution in [1.29, 1.82) is 0 Å². The van der Waals surface area contributed by atoms with Crippen LogP contribution in [0.3, 0.4) is 0 Å². The number of likely N-dealkylation sites (N-methyl/N-ethyl adjacent to an activating group) is 2. The number of carboxylic acids is 2. The molecule has 0 saturated carbocycles. The molecule has 41 heteroatoms. The van der Waals surface area contributed by atoms with Crippen molar-refractivity contribution in [2.75, 3.05) is 203 Å². The van der Waals surface area contributed by atoms with Crippen LogP contribution < -0.4 is 48.3 Å². The normalized spacial score (nSPS) is 16.1. The Bertz CT molecular complexity index is 3860. The van der Waals surface area contributed by atoms with Crippen LogP contribution in [0.25, 0.3) is 0 Å². The molecule has 1 saturated heterocycles. The average molecular weight is 2020 g/mol. The second-order valence-corrected chi connectivity index (χ2v) is 35.2. The highest BCUT2D eigenvalue weighted by molar-refractivity contribution is 14.1. The summed E-state index contributed by atoms with van der Waals surface area (Å²) in [5.74, 6) is -9.81. The van der Waals surface area contributed by atoms with E-state index in [-0.39, 0.29) is 116 Å². The fourth-order valence-electron chi connectivity index (χ4n) is 14.4. The van der Waals surface area contributed by atoms with Crippen LogP contribution in [0.1, 0.15) is 165 Å². The number of benzene rings is 2. The molecule has 0 spiro atoms. The molecular formula is C92H150IN12O27S+. The fourth-order valence-corrected chi connectivity index (χ4v) is 15.5. The number of ether oxygens (including phenoxy) is 13. The number of rotatable bonds is 76. The number of hydrogen-bond acceptors (Lipinski definition) is 28. The van der Waals surface area contributed by atoms with E-state index in [1.54, 1.807) is 69.5 Å². The summed E-state index contributed by atoms with van der Waals surface area (Å²) in [6.07, 6.45) is 2.14. The minimum Gasteiger partial charge on any atom is -0.481 e. The van der Waals surface area contributed by atoms with Crippen molar-refractivity contribution in [2.24, 2.45) is 29.4 Å². The summed E-state index contributed by atoms with van der Waals surface area (Å²) in [4.78, 5) is 168. The molecule has 0 aliphatic carbocycles. The Kier molecular flexibility index (Phi) is 60.6. The summed E-state index contributed by atoms with van der Waals surface area (Å²) in [6.45, 7) is 24.4. The van der Waals surface area contributed by atoms with Crippen molar-refractivity contribution in [3.8, 4) is 0 Å². The van der Waals surface area contributed by atoms with Crippen LogP contribution >= 0.6 is 33.9 Å². The third kappa shape index (κ3) is 49.0. The Morgan fingerprint density at radius 2 is 1.09 bits per heavy atom. The monoisotopic (exact) mass is 2010 g/mol. The number of unbranched alkanes of at least 4 members (excludes halogenated alkanes) is 1. The second-order valence-electron chi connectivity index (χ2n) is 33.5. The zero-order chi connectivity index (χ0) is 97.7. The Balaban J connectivity index is 1.24. The third-order valence-corrected chi connectivity index (χ3v) is 23.8. The molecular weight excluding hydrogens is 1860 g/mol. The van der Waals surface area contributed by atoms with Crippen LogP contribution in [0, 0.1) is 23.7 Å². The van der Waals surface area contributed by atoms with Crippen molar-refractivity contribution in [1.82, 2.24) is 47.1 Å². The lowest BCUT2D eigenvalue weighted by Crippen LogP contribution is -2.63. The molecule has 4 rings (SSSR count). The molecule has 9 amide bonds. The minimum absolute atomic E-state index is 0.0121. The number of nitrogens with two attached hydrogens (primary N) is 1. The first kappa shape index (κ1) is 117. The van der Waals surface area contributed by atoms with Crippen LogP contribution in [0.5, 0.6) is 0 Å². The van der Waals surface area contributed by atoms with E-state index < -0.39 is 126 Å². The zero-order valence-corrected chi connectivity index (χ0v) is 82.6. The number of likely N-dealkylation sites (tertiary alicyclic amines) is 1. The van der Waals surface area contributed by atoms with E-state index in [4.69, 9.17) is 67.3 Å². The number of thiazole rings is 1. The number of nitrogens with one attached hydrogen (secondary N) is 8. The molecule has 1 unspecified atom stereocenters. The Morgan fingerprint density at radius 1 is 0.571 bits per heavy atom. The summed E-state index contributed by atoms with van der Waals surface area (Å²) in [6, 6.07) is 8.38. The number of piperidine rings is 1. The van der Waals surface area contributed by atoms with Gasteiger partial charge in [-0.1, -0.05) is 120 Å². The lowest BCUT2D eigenvalue weighted by atomic mass is 9.92. The van der Waals surface area contributed by atoms with Crippen LogP contribution in [0.2, 0.25) is 0 Å². The van der Waals surface area contributed by atoms with Crippen LogP contribution in [-0.2, 0) is 127 Å². The first-order chi connectivity index (χ1) is 63.8. The first-order valence-corrected chi connectivity index (χ1v) is 48.6. The maximum atomic E-state index is 15.0. The number of methoxy groups -OCH3 is 1. The number of nitrogens with zero attached hydrogens (tertiary/aromatic N) is 3.